The van der Waals surface area contributed by atoms with E-state index in [-0.39, 0.29) is 17.6 Å². The molecule has 2 heterocycles. The highest BCUT2D eigenvalue weighted by molar-refractivity contribution is 7.15. The van der Waals surface area contributed by atoms with E-state index in [0.29, 0.717) is 23.2 Å². The van der Waals surface area contributed by atoms with Crippen LogP contribution in [-0.2, 0) is 6.54 Å². The summed E-state index contributed by atoms with van der Waals surface area (Å²) in [5, 5.41) is 18.9. The summed E-state index contributed by atoms with van der Waals surface area (Å²) in [5.41, 5.74) is 11.1. The minimum Gasteiger partial charge on any atom is -0.374 e. The zero-order valence-corrected chi connectivity index (χ0v) is 11.1. The van der Waals surface area contributed by atoms with E-state index in [2.05, 4.69) is 25.8 Å². The topological polar surface area (TPSA) is 138 Å². The van der Waals surface area contributed by atoms with E-state index in [1.54, 1.807) is 13.1 Å². The Morgan fingerprint density at radius 1 is 1.53 bits per heavy atom. The summed E-state index contributed by atoms with van der Waals surface area (Å²) in [6.07, 6.45) is 1.55. The number of amides is 1. The van der Waals surface area contributed by atoms with Gasteiger partial charge in [0, 0.05) is 6.54 Å². The van der Waals surface area contributed by atoms with E-state index >= 15 is 0 Å². The number of hydrogen-bond acceptors (Lipinski definition) is 8. The molecule has 2 rings (SSSR count). The summed E-state index contributed by atoms with van der Waals surface area (Å²) in [4.78, 5) is 11.9. The molecule has 19 heavy (non-hydrogen) atoms. The van der Waals surface area contributed by atoms with E-state index in [0.717, 1.165) is 0 Å². The van der Waals surface area contributed by atoms with Gasteiger partial charge in [-0.2, -0.15) is 0 Å². The largest absolute Gasteiger partial charge is 0.374 e. The summed E-state index contributed by atoms with van der Waals surface area (Å²) < 4.78 is 1.52. The van der Waals surface area contributed by atoms with Crippen molar-refractivity contribution in [2.45, 2.75) is 19.5 Å². The zero-order valence-electron chi connectivity index (χ0n) is 10.3. The zero-order chi connectivity index (χ0) is 13.8. The molecule has 0 fully saturated rings. The van der Waals surface area contributed by atoms with Crippen molar-refractivity contribution < 1.29 is 4.79 Å². The quantitative estimate of drug-likeness (QED) is 0.650. The van der Waals surface area contributed by atoms with E-state index in [1.165, 1.54) is 16.0 Å². The third kappa shape index (κ3) is 3.23. The van der Waals surface area contributed by atoms with E-state index in [9.17, 15) is 4.79 Å². The van der Waals surface area contributed by atoms with Gasteiger partial charge in [-0.05, 0) is 6.92 Å². The highest BCUT2D eigenvalue weighted by Gasteiger charge is 2.17. The molecule has 0 saturated carbocycles. The highest BCUT2D eigenvalue weighted by atomic mass is 32.1. The smallest absolute Gasteiger partial charge is 0.274 e. The van der Waals surface area contributed by atoms with Crippen LogP contribution in [0.5, 0.6) is 0 Å². The van der Waals surface area contributed by atoms with E-state index in [1.807, 2.05) is 0 Å². The highest BCUT2D eigenvalue weighted by Crippen LogP contribution is 2.18. The molecule has 5 N–H and O–H groups in total. The molecule has 0 aromatic carbocycles. The lowest BCUT2D eigenvalue weighted by Gasteiger charge is -2.08. The Morgan fingerprint density at radius 2 is 2.32 bits per heavy atom. The Hall–Kier alpha value is -2.07. The van der Waals surface area contributed by atoms with Crippen LogP contribution in [0, 0.1) is 0 Å². The molecule has 0 aliphatic carbocycles. The van der Waals surface area contributed by atoms with Gasteiger partial charge in [-0.25, -0.2) is 0 Å². The molecule has 2 aromatic rings. The summed E-state index contributed by atoms with van der Waals surface area (Å²) >= 11 is 1.23. The van der Waals surface area contributed by atoms with Crippen molar-refractivity contribution in [1.82, 2.24) is 30.5 Å². The molecular formula is C9H14N8OS. The predicted octanol–water partition coefficient (Wildman–Crippen LogP) is -0.838. The van der Waals surface area contributed by atoms with Crippen LogP contribution in [0.1, 0.15) is 28.5 Å². The van der Waals surface area contributed by atoms with Gasteiger partial charge in [0.2, 0.25) is 5.13 Å². The number of nitrogens with one attached hydrogen (secondary N) is 1. The van der Waals surface area contributed by atoms with E-state index < -0.39 is 0 Å². The Bertz CT molecular complexity index is 564. The SMILES string of the molecule is CC(NC(=O)c1cn(CCN)nn1)c1nnc(N)s1. The van der Waals surface area contributed by atoms with Crippen LogP contribution in [0.25, 0.3) is 0 Å². The molecule has 2 aromatic heterocycles. The second-order valence-corrected chi connectivity index (χ2v) is 4.87. The first-order valence-corrected chi connectivity index (χ1v) is 6.41. The molecule has 1 amide bonds. The van der Waals surface area contributed by atoms with Crippen LogP contribution < -0.4 is 16.8 Å². The molecular weight excluding hydrogens is 268 g/mol. The average Bonchev–Trinajstić information content (AvgIpc) is 2.98. The summed E-state index contributed by atoms with van der Waals surface area (Å²) in [5.74, 6) is -0.329. The summed E-state index contributed by atoms with van der Waals surface area (Å²) in [6, 6.07) is -0.290. The van der Waals surface area contributed by atoms with Crippen molar-refractivity contribution in [3.63, 3.8) is 0 Å². The molecule has 9 nitrogen and oxygen atoms in total. The number of nitrogen functional groups attached to an aromatic ring is 1. The lowest BCUT2D eigenvalue weighted by molar-refractivity contribution is 0.0934. The molecule has 0 aliphatic heterocycles. The van der Waals surface area contributed by atoms with Gasteiger partial charge in [-0.3, -0.25) is 9.48 Å². The molecule has 0 spiro atoms. The lowest BCUT2D eigenvalue weighted by atomic mass is 10.3. The maximum absolute atomic E-state index is 11.9. The molecule has 1 atom stereocenters. The first-order chi connectivity index (χ1) is 9.10. The van der Waals surface area contributed by atoms with Gasteiger partial charge in [0.1, 0.15) is 5.01 Å². The lowest BCUT2D eigenvalue weighted by Crippen LogP contribution is -2.27. The van der Waals surface area contributed by atoms with Gasteiger partial charge in [0.25, 0.3) is 5.91 Å². The standard InChI is InChI=1S/C9H14N8OS/c1-5(8-14-15-9(11)19-8)12-7(18)6-4-17(3-2-10)16-13-6/h4-5H,2-3,10H2,1H3,(H2,11,15)(H,12,18). The molecule has 0 saturated heterocycles. The number of hydrogen-bond donors (Lipinski definition) is 3. The molecule has 1 unspecified atom stereocenters. The fourth-order valence-corrected chi connectivity index (χ4v) is 2.01. The van der Waals surface area contributed by atoms with Crippen molar-refractivity contribution in [3.8, 4) is 0 Å². The Morgan fingerprint density at radius 3 is 2.95 bits per heavy atom. The third-order valence-corrected chi connectivity index (χ3v) is 3.24. The number of carbonyl (C=O) groups is 1. The summed E-state index contributed by atoms with van der Waals surface area (Å²) in [7, 11) is 0. The van der Waals surface area contributed by atoms with Crippen molar-refractivity contribution in [2.24, 2.45) is 5.73 Å². The Balaban J connectivity index is 1.99. The normalized spacial score (nSPS) is 12.3. The minimum atomic E-state index is -0.329. The van der Waals surface area contributed by atoms with Gasteiger partial charge in [-0.15, -0.1) is 15.3 Å². The number of aromatic nitrogens is 5. The molecule has 0 bridgehead atoms. The average molecular weight is 282 g/mol. The summed E-state index contributed by atoms with van der Waals surface area (Å²) in [6.45, 7) is 2.75. The third-order valence-electron chi connectivity index (χ3n) is 2.30. The monoisotopic (exact) mass is 282 g/mol. The second-order valence-electron chi connectivity index (χ2n) is 3.83. The van der Waals surface area contributed by atoms with Crippen LogP contribution in [0.4, 0.5) is 5.13 Å². The minimum absolute atomic E-state index is 0.234. The fraction of sp³-hybridized carbons (Fsp3) is 0.444. The predicted molar refractivity (Wildman–Crippen MR) is 69.3 cm³/mol. The first-order valence-electron chi connectivity index (χ1n) is 5.60. The van der Waals surface area contributed by atoms with E-state index in [4.69, 9.17) is 11.5 Å². The molecule has 0 aliphatic rings. The van der Waals surface area contributed by atoms with Crippen molar-refractivity contribution >= 4 is 22.4 Å². The molecule has 10 heteroatoms. The van der Waals surface area contributed by atoms with Gasteiger partial charge >= 0.3 is 0 Å². The maximum atomic E-state index is 11.9. The number of anilines is 1. The first kappa shape index (κ1) is 13.4. The van der Waals surface area contributed by atoms with Crippen molar-refractivity contribution in [1.29, 1.82) is 0 Å². The number of rotatable bonds is 5. The number of nitrogens with zero attached hydrogens (tertiary/aromatic N) is 5. The van der Waals surface area contributed by atoms with Gasteiger partial charge in [0.05, 0.1) is 18.8 Å². The molecule has 102 valence electrons. The number of carbonyl (C=O) groups excluding carboxylic acids is 1. The van der Waals surface area contributed by atoms with Crippen molar-refractivity contribution in [2.75, 3.05) is 12.3 Å². The number of nitrogens with two attached hydrogens (primary N) is 2. The van der Waals surface area contributed by atoms with Gasteiger partial charge in [-0.1, -0.05) is 16.6 Å². The van der Waals surface area contributed by atoms with Gasteiger partial charge in [0.15, 0.2) is 5.69 Å². The van der Waals surface area contributed by atoms with Crippen LogP contribution in [-0.4, -0.2) is 37.6 Å². The van der Waals surface area contributed by atoms with Crippen LogP contribution >= 0.6 is 11.3 Å². The van der Waals surface area contributed by atoms with Crippen LogP contribution in [0.2, 0.25) is 0 Å². The molecule has 0 radical (unpaired) electrons. The second kappa shape index (κ2) is 5.71. The van der Waals surface area contributed by atoms with Crippen molar-refractivity contribution in [3.05, 3.63) is 16.9 Å². The Kier molecular flexibility index (Phi) is 4.02. The Labute approximate surface area is 113 Å². The fourth-order valence-electron chi connectivity index (χ4n) is 1.40. The van der Waals surface area contributed by atoms with Crippen LogP contribution in [0.3, 0.4) is 0 Å². The van der Waals surface area contributed by atoms with Gasteiger partial charge < -0.3 is 16.8 Å². The van der Waals surface area contributed by atoms with Crippen LogP contribution in [0.15, 0.2) is 6.20 Å². The maximum Gasteiger partial charge on any atom is 0.274 e.